The first-order valence-corrected chi connectivity index (χ1v) is 5.77. The Morgan fingerprint density at radius 1 is 1.44 bits per heavy atom. The van der Waals surface area contributed by atoms with E-state index in [9.17, 15) is 0 Å². The van der Waals surface area contributed by atoms with Crippen LogP contribution >= 0.6 is 0 Å². The van der Waals surface area contributed by atoms with Gasteiger partial charge >= 0.3 is 0 Å². The molecule has 18 heavy (non-hydrogen) atoms. The lowest BCUT2D eigenvalue weighted by Crippen LogP contribution is -2.02. The smallest absolute Gasteiger partial charge is 0.213 e. The Labute approximate surface area is 105 Å². The monoisotopic (exact) mass is 242 g/mol. The third-order valence-corrected chi connectivity index (χ3v) is 2.45. The number of aromatic nitrogens is 2. The van der Waals surface area contributed by atoms with Crippen LogP contribution in [0.3, 0.4) is 0 Å². The number of nitrogens with zero attached hydrogens (tertiary/aromatic N) is 3. The zero-order valence-corrected chi connectivity index (χ0v) is 10.4. The zero-order valence-electron chi connectivity index (χ0n) is 10.4. The van der Waals surface area contributed by atoms with Gasteiger partial charge in [-0.2, -0.15) is 5.26 Å². The zero-order chi connectivity index (χ0) is 13.0. The summed E-state index contributed by atoms with van der Waals surface area (Å²) in [4.78, 5) is 8.44. The van der Waals surface area contributed by atoms with E-state index in [1.54, 1.807) is 18.3 Å². The van der Waals surface area contributed by atoms with Crippen LogP contribution < -0.4 is 5.32 Å². The van der Waals surface area contributed by atoms with Crippen molar-refractivity contribution in [2.75, 3.05) is 5.32 Å². The quantitative estimate of drug-likeness (QED) is 0.891. The topological polar surface area (TPSA) is 74.7 Å². The Bertz CT molecular complexity index is 583. The minimum absolute atomic E-state index is 0.460. The number of nitriles is 1. The minimum atomic E-state index is 0.460. The molecule has 0 saturated heterocycles. The number of oxazole rings is 1. The standard InChI is InChI=1S/C13H14N4O/c1-3-11-7-16-13(18-11)8-15-12-5-10(6-14)4-9(2)17-12/h4-5,7H,3,8H2,1-2H3,(H,15,17). The summed E-state index contributed by atoms with van der Waals surface area (Å²) in [6.45, 7) is 4.33. The highest BCUT2D eigenvalue weighted by Crippen LogP contribution is 2.11. The fourth-order valence-corrected chi connectivity index (χ4v) is 1.58. The van der Waals surface area contributed by atoms with Crippen LogP contribution in [0.5, 0.6) is 0 Å². The Morgan fingerprint density at radius 3 is 2.94 bits per heavy atom. The molecule has 0 aliphatic heterocycles. The molecule has 2 heterocycles. The molecule has 5 heteroatoms. The highest BCUT2D eigenvalue weighted by Gasteiger charge is 2.04. The van der Waals surface area contributed by atoms with Gasteiger partial charge in [-0.15, -0.1) is 0 Å². The maximum atomic E-state index is 8.87. The molecule has 2 aromatic rings. The molecule has 0 aromatic carbocycles. The van der Waals surface area contributed by atoms with Crippen molar-refractivity contribution in [3.8, 4) is 6.07 Å². The van der Waals surface area contributed by atoms with Crippen LogP contribution in [0.2, 0.25) is 0 Å². The second-order valence-electron chi connectivity index (χ2n) is 3.92. The van der Waals surface area contributed by atoms with Crippen molar-refractivity contribution in [3.05, 3.63) is 41.2 Å². The van der Waals surface area contributed by atoms with Gasteiger partial charge < -0.3 is 9.73 Å². The molecule has 0 spiro atoms. The van der Waals surface area contributed by atoms with Crippen LogP contribution in [0.4, 0.5) is 5.82 Å². The van der Waals surface area contributed by atoms with Crippen LogP contribution in [-0.4, -0.2) is 9.97 Å². The van der Waals surface area contributed by atoms with E-state index >= 15 is 0 Å². The molecule has 0 aliphatic rings. The van der Waals surface area contributed by atoms with Crippen LogP contribution in [0.1, 0.15) is 29.8 Å². The third-order valence-electron chi connectivity index (χ3n) is 2.45. The van der Waals surface area contributed by atoms with E-state index in [1.807, 2.05) is 13.8 Å². The van der Waals surface area contributed by atoms with Crippen molar-refractivity contribution >= 4 is 5.82 Å². The molecule has 0 fully saturated rings. The lowest BCUT2D eigenvalue weighted by atomic mass is 10.2. The SMILES string of the molecule is CCc1cnc(CNc2cc(C#N)cc(C)n2)o1. The van der Waals surface area contributed by atoms with Gasteiger partial charge in [0.2, 0.25) is 5.89 Å². The number of rotatable bonds is 4. The molecule has 92 valence electrons. The number of aryl methyl sites for hydroxylation is 2. The number of nitrogens with one attached hydrogen (secondary N) is 1. The lowest BCUT2D eigenvalue weighted by Gasteiger charge is -2.04. The molecular formula is C13H14N4O. The Hall–Kier alpha value is -2.35. The van der Waals surface area contributed by atoms with Gasteiger partial charge in [-0.25, -0.2) is 9.97 Å². The van der Waals surface area contributed by atoms with Gasteiger partial charge in [-0.3, -0.25) is 0 Å². The van der Waals surface area contributed by atoms with Crippen LogP contribution in [0.15, 0.2) is 22.7 Å². The normalized spacial score (nSPS) is 10.1. The summed E-state index contributed by atoms with van der Waals surface area (Å²) in [6.07, 6.45) is 2.55. The van der Waals surface area contributed by atoms with Crippen molar-refractivity contribution in [1.29, 1.82) is 5.26 Å². The number of pyridine rings is 1. The van der Waals surface area contributed by atoms with Gasteiger partial charge in [0.1, 0.15) is 11.6 Å². The molecule has 2 rings (SSSR count). The molecule has 5 nitrogen and oxygen atoms in total. The fourth-order valence-electron chi connectivity index (χ4n) is 1.58. The first-order valence-electron chi connectivity index (χ1n) is 5.77. The highest BCUT2D eigenvalue weighted by atomic mass is 16.4. The summed E-state index contributed by atoms with van der Waals surface area (Å²) in [5.41, 5.74) is 1.39. The molecular weight excluding hydrogens is 228 g/mol. The Kier molecular flexibility index (Phi) is 3.58. The Morgan fingerprint density at radius 2 is 2.28 bits per heavy atom. The number of hydrogen-bond donors (Lipinski definition) is 1. The summed E-state index contributed by atoms with van der Waals surface area (Å²) in [5, 5.41) is 12.0. The highest BCUT2D eigenvalue weighted by molar-refractivity contribution is 5.44. The van der Waals surface area contributed by atoms with Gasteiger partial charge in [-0.05, 0) is 19.1 Å². The summed E-state index contributed by atoms with van der Waals surface area (Å²) in [5.74, 6) is 2.14. The molecule has 2 aromatic heterocycles. The second-order valence-corrected chi connectivity index (χ2v) is 3.92. The largest absolute Gasteiger partial charge is 0.444 e. The molecule has 0 saturated carbocycles. The lowest BCUT2D eigenvalue weighted by molar-refractivity contribution is 0.465. The first-order chi connectivity index (χ1) is 8.71. The molecule has 0 unspecified atom stereocenters. The van der Waals surface area contributed by atoms with Crippen molar-refractivity contribution in [3.63, 3.8) is 0 Å². The van der Waals surface area contributed by atoms with E-state index in [2.05, 4.69) is 21.4 Å². The Balaban J connectivity index is 2.06. The predicted molar refractivity (Wildman–Crippen MR) is 66.9 cm³/mol. The molecule has 1 N–H and O–H groups in total. The van der Waals surface area contributed by atoms with E-state index in [0.29, 0.717) is 23.8 Å². The summed E-state index contributed by atoms with van der Waals surface area (Å²) in [7, 11) is 0. The van der Waals surface area contributed by atoms with Crippen molar-refractivity contribution in [1.82, 2.24) is 9.97 Å². The van der Waals surface area contributed by atoms with Crippen LogP contribution in [0, 0.1) is 18.3 Å². The van der Waals surface area contributed by atoms with Gasteiger partial charge in [0.15, 0.2) is 0 Å². The van der Waals surface area contributed by atoms with Crippen LogP contribution in [0.25, 0.3) is 0 Å². The molecule has 0 bridgehead atoms. The average Bonchev–Trinajstić information content (AvgIpc) is 2.83. The first kappa shape index (κ1) is 12.1. The van der Waals surface area contributed by atoms with Crippen molar-refractivity contribution in [2.24, 2.45) is 0 Å². The van der Waals surface area contributed by atoms with E-state index in [4.69, 9.17) is 9.68 Å². The molecule has 0 atom stereocenters. The van der Waals surface area contributed by atoms with Gasteiger partial charge in [0, 0.05) is 12.1 Å². The van der Waals surface area contributed by atoms with E-state index in [1.165, 1.54) is 0 Å². The van der Waals surface area contributed by atoms with Gasteiger partial charge in [0.05, 0.1) is 24.4 Å². The third kappa shape index (κ3) is 2.86. The minimum Gasteiger partial charge on any atom is -0.444 e. The van der Waals surface area contributed by atoms with E-state index in [-0.39, 0.29) is 0 Å². The summed E-state index contributed by atoms with van der Waals surface area (Å²) < 4.78 is 5.47. The summed E-state index contributed by atoms with van der Waals surface area (Å²) in [6, 6.07) is 5.55. The fraction of sp³-hybridized carbons (Fsp3) is 0.308. The van der Waals surface area contributed by atoms with Crippen molar-refractivity contribution in [2.45, 2.75) is 26.8 Å². The summed E-state index contributed by atoms with van der Waals surface area (Å²) >= 11 is 0. The molecule has 0 amide bonds. The van der Waals surface area contributed by atoms with E-state index in [0.717, 1.165) is 17.9 Å². The van der Waals surface area contributed by atoms with Crippen LogP contribution in [-0.2, 0) is 13.0 Å². The molecule has 0 aliphatic carbocycles. The number of anilines is 1. The average molecular weight is 242 g/mol. The maximum absolute atomic E-state index is 8.87. The maximum Gasteiger partial charge on any atom is 0.213 e. The van der Waals surface area contributed by atoms with Gasteiger partial charge in [0.25, 0.3) is 0 Å². The van der Waals surface area contributed by atoms with E-state index < -0.39 is 0 Å². The number of hydrogen-bond acceptors (Lipinski definition) is 5. The van der Waals surface area contributed by atoms with Crippen molar-refractivity contribution < 1.29 is 4.42 Å². The predicted octanol–water partition coefficient (Wildman–Crippen LogP) is 2.42. The second kappa shape index (κ2) is 5.32. The molecule has 0 radical (unpaired) electrons. The van der Waals surface area contributed by atoms with Gasteiger partial charge in [-0.1, -0.05) is 6.92 Å².